The van der Waals surface area contributed by atoms with Crippen molar-refractivity contribution in [2.75, 3.05) is 5.73 Å². The molecule has 4 N–H and O–H groups in total. The third-order valence-corrected chi connectivity index (χ3v) is 5.04. The maximum atomic E-state index is 10.2. The molecule has 0 amide bonds. The van der Waals surface area contributed by atoms with Crippen LogP contribution >= 0.6 is 0 Å². The number of aromatic nitrogens is 5. The topological polar surface area (TPSA) is 129 Å². The summed E-state index contributed by atoms with van der Waals surface area (Å²) in [7, 11) is 0. The number of aromatic amines is 1. The largest absolute Gasteiger partial charge is 0.393 e. The van der Waals surface area contributed by atoms with Crippen molar-refractivity contribution in [3.05, 3.63) is 24.8 Å². The van der Waals surface area contributed by atoms with E-state index < -0.39 is 6.10 Å². The summed E-state index contributed by atoms with van der Waals surface area (Å²) in [6, 6.07) is 3.92. The Bertz CT molecular complexity index is 938. The lowest BCUT2D eigenvalue weighted by Crippen LogP contribution is -2.26. The second-order valence-corrected chi connectivity index (χ2v) is 6.46. The fraction of sp³-hybridized carbons (Fsp3) is 0.412. The fourth-order valence-electron chi connectivity index (χ4n) is 3.80. The van der Waals surface area contributed by atoms with Gasteiger partial charge in [-0.15, -0.1) is 0 Å². The zero-order valence-corrected chi connectivity index (χ0v) is 13.6. The van der Waals surface area contributed by atoms with Crippen molar-refractivity contribution in [3.63, 3.8) is 0 Å². The van der Waals surface area contributed by atoms with Gasteiger partial charge in [0.25, 0.3) is 0 Å². The summed E-state index contributed by atoms with van der Waals surface area (Å²) in [6.45, 7) is 0. The highest BCUT2D eigenvalue weighted by atomic mass is 16.3. The molecule has 0 aliphatic heterocycles. The average Bonchev–Trinajstić information content (AvgIpc) is 3.32. The van der Waals surface area contributed by atoms with Gasteiger partial charge in [0.1, 0.15) is 12.0 Å². The van der Waals surface area contributed by atoms with Crippen LogP contribution in [0.3, 0.4) is 0 Å². The van der Waals surface area contributed by atoms with Crippen molar-refractivity contribution in [2.24, 2.45) is 5.92 Å². The minimum Gasteiger partial charge on any atom is -0.393 e. The first-order valence-corrected chi connectivity index (χ1v) is 8.37. The van der Waals surface area contributed by atoms with Gasteiger partial charge in [-0.25, -0.2) is 9.97 Å². The van der Waals surface area contributed by atoms with Crippen molar-refractivity contribution in [2.45, 2.75) is 37.8 Å². The summed E-state index contributed by atoms with van der Waals surface area (Å²) < 4.78 is 1.73. The highest BCUT2D eigenvalue weighted by Gasteiger charge is 2.34. The predicted molar refractivity (Wildman–Crippen MR) is 92.1 cm³/mol. The lowest BCUT2D eigenvalue weighted by molar-refractivity contribution is 0.0978. The quantitative estimate of drug-likeness (QED) is 0.668. The molecule has 1 saturated carbocycles. The van der Waals surface area contributed by atoms with Crippen LogP contribution in [0.5, 0.6) is 0 Å². The Labute approximate surface area is 144 Å². The molecule has 3 heterocycles. The van der Waals surface area contributed by atoms with Crippen molar-refractivity contribution < 1.29 is 5.11 Å². The SMILES string of the molecule is N#CC[C@H](C1CCCC1O)n1cc(-c2ncnc3[nH]ccc23)c(N)n1. The van der Waals surface area contributed by atoms with Gasteiger partial charge in [0.05, 0.1) is 35.9 Å². The maximum Gasteiger partial charge on any atom is 0.154 e. The van der Waals surface area contributed by atoms with Gasteiger partial charge in [0, 0.05) is 23.7 Å². The molecule has 3 aromatic heterocycles. The van der Waals surface area contributed by atoms with E-state index in [0.29, 0.717) is 17.1 Å². The van der Waals surface area contributed by atoms with E-state index in [1.54, 1.807) is 10.9 Å². The third-order valence-electron chi connectivity index (χ3n) is 5.04. The molecule has 0 saturated heterocycles. The molecule has 8 heteroatoms. The molecule has 25 heavy (non-hydrogen) atoms. The van der Waals surface area contributed by atoms with Crippen molar-refractivity contribution in [1.29, 1.82) is 5.26 Å². The molecule has 1 fully saturated rings. The number of fused-ring (bicyclic) bond motifs is 1. The predicted octanol–water partition coefficient (Wildman–Crippen LogP) is 2.02. The Morgan fingerprint density at radius 2 is 2.32 bits per heavy atom. The van der Waals surface area contributed by atoms with Crippen LogP contribution in [0, 0.1) is 17.2 Å². The van der Waals surface area contributed by atoms with Crippen LogP contribution in [-0.2, 0) is 0 Å². The zero-order valence-electron chi connectivity index (χ0n) is 13.6. The molecule has 0 aromatic carbocycles. The molecule has 0 radical (unpaired) electrons. The number of nitrogens with one attached hydrogen (secondary N) is 1. The number of nitrogen functional groups attached to an aromatic ring is 1. The molecule has 128 valence electrons. The number of hydrogen-bond donors (Lipinski definition) is 3. The summed E-state index contributed by atoms with van der Waals surface area (Å²) in [4.78, 5) is 11.6. The Kier molecular flexibility index (Phi) is 3.86. The molecule has 3 aromatic rings. The Hall–Kier alpha value is -2.92. The van der Waals surface area contributed by atoms with Gasteiger partial charge in [-0.1, -0.05) is 6.42 Å². The minimum atomic E-state index is -0.400. The normalized spacial score (nSPS) is 21.4. The van der Waals surface area contributed by atoms with Gasteiger partial charge in [0.2, 0.25) is 0 Å². The lowest BCUT2D eigenvalue weighted by Gasteiger charge is -2.24. The summed E-state index contributed by atoms with van der Waals surface area (Å²) in [5, 5.41) is 24.8. The Balaban J connectivity index is 1.76. The van der Waals surface area contributed by atoms with E-state index in [1.165, 1.54) is 6.33 Å². The van der Waals surface area contributed by atoms with Crippen LogP contribution in [-0.4, -0.2) is 35.9 Å². The van der Waals surface area contributed by atoms with E-state index in [4.69, 9.17) is 5.73 Å². The number of H-pyrrole nitrogens is 1. The summed E-state index contributed by atoms with van der Waals surface area (Å²) in [6.07, 6.45) is 7.62. The van der Waals surface area contributed by atoms with Gasteiger partial charge in [-0.3, -0.25) is 4.68 Å². The number of nitrogens with zero attached hydrogens (tertiary/aromatic N) is 5. The van der Waals surface area contributed by atoms with E-state index >= 15 is 0 Å². The van der Waals surface area contributed by atoms with Crippen LogP contribution in [0.4, 0.5) is 5.82 Å². The summed E-state index contributed by atoms with van der Waals surface area (Å²) in [5.74, 6) is 0.376. The maximum absolute atomic E-state index is 10.2. The Morgan fingerprint density at radius 1 is 1.44 bits per heavy atom. The smallest absolute Gasteiger partial charge is 0.154 e. The van der Waals surface area contributed by atoms with Crippen LogP contribution in [0.1, 0.15) is 31.7 Å². The van der Waals surface area contributed by atoms with Crippen molar-refractivity contribution >= 4 is 16.9 Å². The molecule has 1 aliphatic rings. The fourth-order valence-corrected chi connectivity index (χ4v) is 3.80. The molecule has 4 rings (SSSR count). The van der Waals surface area contributed by atoms with E-state index in [9.17, 15) is 10.4 Å². The number of aliphatic hydroxyl groups is 1. The van der Waals surface area contributed by atoms with Crippen LogP contribution < -0.4 is 5.73 Å². The highest BCUT2D eigenvalue weighted by molar-refractivity contribution is 5.92. The first-order chi connectivity index (χ1) is 12.2. The van der Waals surface area contributed by atoms with Crippen LogP contribution in [0.25, 0.3) is 22.3 Å². The van der Waals surface area contributed by atoms with Gasteiger partial charge >= 0.3 is 0 Å². The highest BCUT2D eigenvalue weighted by Crippen LogP contribution is 2.38. The lowest BCUT2D eigenvalue weighted by atomic mass is 9.94. The molecular weight excluding hydrogens is 318 g/mol. The number of rotatable bonds is 4. The molecule has 0 spiro atoms. The van der Waals surface area contributed by atoms with E-state index in [2.05, 4.69) is 26.1 Å². The minimum absolute atomic E-state index is 0.0180. The van der Waals surface area contributed by atoms with Gasteiger partial charge in [-0.2, -0.15) is 10.4 Å². The molecule has 8 nitrogen and oxygen atoms in total. The van der Waals surface area contributed by atoms with E-state index in [1.807, 2.05) is 12.3 Å². The first-order valence-electron chi connectivity index (χ1n) is 8.37. The number of aliphatic hydroxyl groups excluding tert-OH is 1. The molecule has 2 unspecified atom stereocenters. The summed E-state index contributed by atoms with van der Waals surface area (Å²) in [5.41, 5.74) is 8.30. The molecule has 0 bridgehead atoms. The number of nitrogens with two attached hydrogens (primary N) is 1. The van der Waals surface area contributed by atoms with Crippen LogP contribution in [0.2, 0.25) is 0 Å². The van der Waals surface area contributed by atoms with Gasteiger partial charge in [0.15, 0.2) is 5.82 Å². The standard InChI is InChI=1S/C17H19N7O/c18-6-4-13(10-2-1-3-14(10)25)24-8-12(16(19)23-24)15-11-5-7-20-17(11)22-9-21-15/h5,7-10,13-14,25H,1-4H2,(H2,19,23)(H,20,21,22)/t10?,13-,14?/m1/s1. The second kappa shape index (κ2) is 6.18. The number of hydrogen-bond acceptors (Lipinski definition) is 6. The molecule has 3 atom stereocenters. The van der Waals surface area contributed by atoms with Crippen molar-refractivity contribution in [1.82, 2.24) is 24.7 Å². The number of anilines is 1. The zero-order chi connectivity index (χ0) is 17.4. The van der Waals surface area contributed by atoms with E-state index in [0.717, 1.165) is 30.3 Å². The summed E-state index contributed by atoms with van der Waals surface area (Å²) >= 11 is 0. The monoisotopic (exact) mass is 337 g/mol. The second-order valence-electron chi connectivity index (χ2n) is 6.46. The third kappa shape index (κ3) is 2.62. The molecule has 1 aliphatic carbocycles. The van der Waals surface area contributed by atoms with Gasteiger partial charge < -0.3 is 15.8 Å². The first kappa shape index (κ1) is 15.6. The van der Waals surface area contributed by atoms with E-state index in [-0.39, 0.29) is 18.4 Å². The Morgan fingerprint density at radius 3 is 3.08 bits per heavy atom. The number of nitriles is 1. The van der Waals surface area contributed by atoms with Crippen molar-refractivity contribution in [3.8, 4) is 17.3 Å². The average molecular weight is 337 g/mol. The molecular formula is C17H19N7O. The van der Waals surface area contributed by atoms with Crippen LogP contribution in [0.15, 0.2) is 24.8 Å². The van der Waals surface area contributed by atoms with Gasteiger partial charge in [-0.05, 0) is 18.9 Å².